The van der Waals surface area contributed by atoms with Gasteiger partial charge in [-0.3, -0.25) is 9.59 Å². The lowest BCUT2D eigenvalue weighted by Crippen LogP contribution is -2.44. The predicted octanol–water partition coefficient (Wildman–Crippen LogP) is 17.0. The van der Waals surface area contributed by atoms with Gasteiger partial charge in [0.25, 0.3) is 0 Å². The molecule has 0 aromatic heterocycles. The Balaban J connectivity index is 4.05. The summed E-state index contributed by atoms with van der Waals surface area (Å²) in [6, 6.07) is 0. The number of hydrogen-bond acceptors (Lipinski definition) is 8. The molecule has 0 aliphatic rings. The molecule has 2 atom stereocenters. The number of carboxylic acid groups (broad SMARTS) is 1. The smallest absolute Gasteiger partial charge is 0.306 e. The van der Waals surface area contributed by atoms with Gasteiger partial charge in [0.1, 0.15) is 13.2 Å². The second-order valence-corrected chi connectivity index (χ2v) is 21.6. The molecule has 0 bridgehead atoms. The van der Waals surface area contributed by atoms with Crippen LogP contribution in [0.1, 0.15) is 258 Å². The molecule has 0 radical (unpaired) electrons. The zero-order valence-electron chi connectivity index (χ0n) is 49.1. The molecule has 0 fully saturated rings. The number of quaternary nitrogens is 1. The first-order valence-corrected chi connectivity index (χ1v) is 30.7. The summed E-state index contributed by atoms with van der Waals surface area (Å²) in [6.07, 6.45) is 72.3. The molecule has 432 valence electrons. The Bertz CT molecular complexity index is 1500. The highest BCUT2D eigenvalue weighted by Gasteiger charge is 2.22. The van der Waals surface area contributed by atoms with Gasteiger partial charge in [0.2, 0.25) is 0 Å². The third-order valence-corrected chi connectivity index (χ3v) is 13.1. The molecule has 0 saturated carbocycles. The Hall–Kier alpha value is -3.53. The summed E-state index contributed by atoms with van der Waals surface area (Å²) in [7, 11) is 5.92. The van der Waals surface area contributed by atoms with Gasteiger partial charge >= 0.3 is 11.9 Å². The van der Waals surface area contributed by atoms with Crippen molar-refractivity contribution in [2.45, 2.75) is 270 Å². The van der Waals surface area contributed by atoms with E-state index < -0.39 is 24.3 Å². The first kappa shape index (κ1) is 71.5. The summed E-state index contributed by atoms with van der Waals surface area (Å²) in [5.41, 5.74) is 0. The lowest BCUT2D eigenvalue weighted by atomic mass is 10.0. The molecule has 0 aliphatic heterocycles. The van der Waals surface area contributed by atoms with Gasteiger partial charge in [-0.05, 0) is 83.5 Å². The van der Waals surface area contributed by atoms with E-state index in [1.54, 1.807) is 0 Å². The highest BCUT2D eigenvalue weighted by molar-refractivity contribution is 5.70. The number of aliphatic carboxylic acids is 1. The number of esters is 2. The van der Waals surface area contributed by atoms with Crippen LogP contribution in [0.4, 0.5) is 0 Å². The number of allylic oxidation sites excluding steroid dienone is 14. The van der Waals surface area contributed by atoms with Gasteiger partial charge in [-0.15, -0.1) is 0 Å². The summed E-state index contributed by atoms with van der Waals surface area (Å²) in [6.45, 7) is 4.51. The van der Waals surface area contributed by atoms with Crippen LogP contribution >= 0.6 is 0 Å². The van der Waals surface area contributed by atoms with Crippen LogP contribution in [-0.4, -0.2) is 82.3 Å². The summed E-state index contributed by atoms with van der Waals surface area (Å²) >= 11 is 0. The van der Waals surface area contributed by atoms with E-state index in [0.29, 0.717) is 17.4 Å². The summed E-state index contributed by atoms with van der Waals surface area (Å²) in [5.74, 6) is -2.30. The second-order valence-electron chi connectivity index (χ2n) is 21.6. The quantitative estimate of drug-likeness (QED) is 0.0195. The molecule has 9 heteroatoms. The molecular formula is C66H115NO8. The summed E-state index contributed by atoms with van der Waals surface area (Å²) in [5, 5.41) is 11.8. The number of carbonyl (C=O) groups is 3. The molecule has 9 nitrogen and oxygen atoms in total. The monoisotopic (exact) mass is 1050 g/mol. The zero-order chi connectivity index (χ0) is 54.8. The highest BCUT2D eigenvalue weighted by Crippen LogP contribution is 2.17. The molecule has 2 unspecified atom stereocenters. The van der Waals surface area contributed by atoms with Crippen LogP contribution < -0.4 is 5.11 Å². The van der Waals surface area contributed by atoms with Crippen LogP contribution in [0.3, 0.4) is 0 Å². The minimum Gasteiger partial charge on any atom is -0.545 e. The SMILES string of the molecule is CC/C=C\C/C=C\C/C=C\C/C=C\CCCCCCCCCCCCCCCCCCCCCCCCC(=O)OC(COC(=O)CCCCCCC/C=C\C/C=C\C/C=C\CC)COC(OCC[N+](C)(C)C)C(=O)[O-]. The van der Waals surface area contributed by atoms with Crippen molar-refractivity contribution in [3.8, 4) is 0 Å². The largest absolute Gasteiger partial charge is 0.545 e. The Morgan fingerprint density at radius 2 is 0.720 bits per heavy atom. The topological polar surface area (TPSA) is 111 Å². The van der Waals surface area contributed by atoms with Crippen molar-refractivity contribution in [1.82, 2.24) is 0 Å². The normalized spacial score (nSPS) is 13.3. The Morgan fingerprint density at radius 3 is 1.07 bits per heavy atom. The number of carboxylic acids is 1. The maximum atomic E-state index is 12.9. The van der Waals surface area contributed by atoms with Crippen LogP contribution in [0.15, 0.2) is 85.1 Å². The zero-order valence-corrected chi connectivity index (χ0v) is 49.1. The number of nitrogens with zero attached hydrogens (tertiary/aromatic N) is 1. The minimum absolute atomic E-state index is 0.143. The predicted molar refractivity (Wildman–Crippen MR) is 315 cm³/mol. The fraction of sp³-hybridized carbons (Fsp3) is 0.742. The van der Waals surface area contributed by atoms with Crippen molar-refractivity contribution in [1.29, 1.82) is 0 Å². The number of likely N-dealkylation sites (N-methyl/N-ethyl adjacent to an activating group) is 1. The van der Waals surface area contributed by atoms with Crippen LogP contribution in [0, 0.1) is 0 Å². The molecule has 0 N–H and O–H groups in total. The molecule has 0 rings (SSSR count). The van der Waals surface area contributed by atoms with Crippen molar-refractivity contribution in [3.63, 3.8) is 0 Å². The van der Waals surface area contributed by atoms with Crippen LogP contribution in [0.5, 0.6) is 0 Å². The second kappa shape index (κ2) is 56.7. The van der Waals surface area contributed by atoms with Crippen molar-refractivity contribution in [2.75, 3.05) is 47.5 Å². The van der Waals surface area contributed by atoms with E-state index in [-0.39, 0.29) is 38.6 Å². The van der Waals surface area contributed by atoms with E-state index in [1.807, 2.05) is 21.1 Å². The molecule has 75 heavy (non-hydrogen) atoms. The first-order chi connectivity index (χ1) is 36.6. The van der Waals surface area contributed by atoms with Crippen LogP contribution in [0.2, 0.25) is 0 Å². The number of ether oxygens (including phenoxy) is 4. The van der Waals surface area contributed by atoms with Gasteiger partial charge in [-0.2, -0.15) is 0 Å². The van der Waals surface area contributed by atoms with E-state index in [1.165, 1.54) is 128 Å². The van der Waals surface area contributed by atoms with E-state index in [4.69, 9.17) is 18.9 Å². The molecule has 0 aliphatic carbocycles. The average molecular weight is 1050 g/mol. The van der Waals surface area contributed by atoms with Gasteiger partial charge in [-0.25, -0.2) is 0 Å². The van der Waals surface area contributed by atoms with Gasteiger partial charge in [0, 0.05) is 12.8 Å². The minimum atomic E-state index is -1.63. The maximum absolute atomic E-state index is 12.9. The van der Waals surface area contributed by atoms with E-state index in [2.05, 4.69) is 98.9 Å². The number of carbonyl (C=O) groups excluding carboxylic acids is 3. The van der Waals surface area contributed by atoms with Crippen LogP contribution in [0.25, 0.3) is 0 Å². The molecule has 0 saturated heterocycles. The number of unbranched alkanes of at least 4 members (excludes halogenated alkanes) is 27. The molecule has 0 amide bonds. The van der Waals surface area contributed by atoms with E-state index >= 15 is 0 Å². The molecule has 0 aromatic rings. The Morgan fingerprint density at radius 1 is 0.400 bits per heavy atom. The summed E-state index contributed by atoms with van der Waals surface area (Å²) < 4.78 is 22.7. The molecule has 0 heterocycles. The number of hydrogen-bond donors (Lipinski definition) is 0. The first-order valence-electron chi connectivity index (χ1n) is 30.7. The third-order valence-electron chi connectivity index (χ3n) is 13.1. The fourth-order valence-electron chi connectivity index (χ4n) is 8.48. The van der Waals surface area contributed by atoms with Crippen molar-refractivity contribution in [3.05, 3.63) is 85.1 Å². The average Bonchev–Trinajstić information content (AvgIpc) is 3.38. The van der Waals surface area contributed by atoms with Crippen molar-refractivity contribution >= 4 is 17.9 Å². The lowest BCUT2D eigenvalue weighted by Gasteiger charge is -2.26. The number of rotatable bonds is 56. The Labute approximate surface area is 461 Å². The van der Waals surface area contributed by atoms with E-state index in [9.17, 15) is 19.5 Å². The third kappa shape index (κ3) is 58.0. The standard InChI is InChI=1S/C66H115NO8/c1-6-8-10-12-14-16-18-20-22-23-24-25-26-27-28-29-30-31-32-33-34-35-36-37-38-39-40-41-43-45-47-49-51-53-55-57-64(69)75-62(61-74-66(65(70)71)72-59-58-67(3,4)5)60-73-63(68)56-54-52-50-48-46-44-42-21-19-17-15-13-11-9-7-2/h8-11,14-17,20-22,24-25,42,62,66H,6-7,12-13,18-19,23,26-41,43-61H2,1-5H3/b10-8-,11-9-,16-14-,17-15-,22-20-,25-24-,42-21-. The molecular weight excluding hydrogens is 935 g/mol. The fourth-order valence-corrected chi connectivity index (χ4v) is 8.48. The van der Waals surface area contributed by atoms with Crippen molar-refractivity contribution < 1.29 is 42.9 Å². The van der Waals surface area contributed by atoms with Crippen molar-refractivity contribution in [2.24, 2.45) is 0 Å². The van der Waals surface area contributed by atoms with Gasteiger partial charge < -0.3 is 33.3 Å². The van der Waals surface area contributed by atoms with Gasteiger partial charge in [-0.1, -0.05) is 247 Å². The lowest BCUT2D eigenvalue weighted by molar-refractivity contribution is -0.870. The van der Waals surface area contributed by atoms with Gasteiger partial charge in [0.15, 0.2) is 12.4 Å². The summed E-state index contributed by atoms with van der Waals surface area (Å²) in [4.78, 5) is 37.3. The van der Waals surface area contributed by atoms with Crippen LogP contribution in [-0.2, 0) is 33.3 Å². The highest BCUT2D eigenvalue weighted by atomic mass is 16.7. The molecule has 0 spiro atoms. The Kier molecular flexibility index (Phi) is 54.0. The molecule has 0 aromatic carbocycles. The van der Waals surface area contributed by atoms with E-state index in [0.717, 1.165) is 96.3 Å². The van der Waals surface area contributed by atoms with Gasteiger partial charge in [0.05, 0.1) is 40.3 Å². The maximum Gasteiger partial charge on any atom is 0.306 e.